The van der Waals surface area contributed by atoms with Gasteiger partial charge in [0.05, 0.1) is 15.3 Å². The minimum Gasteiger partial charge on any atom is -0.244 e. The van der Waals surface area contributed by atoms with E-state index >= 15 is 0 Å². The first-order valence-corrected chi connectivity index (χ1v) is 9.70. The van der Waals surface area contributed by atoms with Gasteiger partial charge in [-0.25, -0.2) is 9.97 Å². The molecule has 0 saturated heterocycles. The summed E-state index contributed by atoms with van der Waals surface area (Å²) >= 11 is 3.01. The van der Waals surface area contributed by atoms with Crippen LogP contribution < -0.4 is 0 Å². The Bertz CT molecular complexity index is 1060. The second kappa shape index (κ2) is 6.90. The fourth-order valence-electron chi connectivity index (χ4n) is 2.54. The van der Waals surface area contributed by atoms with Crippen LogP contribution >= 0.6 is 22.7 Å². The minimum atomic E-state index is -4.33. The fraction of sp³-hybridized carbons (Fsp3) is 0.100. The van der Waals surface area contributed by atoms with Crippen molar-refractivity contribution in [2.75, 3.05) is 0 Å². The average molecular weight is 402 g/mol. The van der Waals surface area contributed by atoms with Crippen molar-refractivity contribution in [2.24, 2.45) is 0 Å². The van der Waals surface area contributed by atoms with Crippen LogP contribution in [0, 0.1) is 6.92 Å². The van der Waals surface area contributed by atoms with Gasteiger partial charge in [-0.05, 0) is 19.1 Å². The normalized spacial score (nSPS) is 11.7. The minimum absolute atomic E-state index is 0.659. The molecule has 0 fully saturated rings. The third-order valence-electron chi connectivity index (χ3n) is 4.01. The maximum atomic E-state index is 12.7. The lowest BCUT2D eigenvalue weighted by atomic mass is 10.1. The van der Waals surface area contributed by atoms with E-state index < -0.39 is 11.7 Å². The summed E-state index contributed by atoms with van der Waals surface area (Å²) < 4.78 is 38.1. The zero-order valence-electron chi connectivity index (χ0n) is 14.1. The molecule has 2 heterocycles. The predicted octanol–water partition coefficient (Wildman–Crippen LogP) is 6.93. The SMILES string of the molecule is Cc1ccc(-c2ncc(-c3cnc(-c4ccc(C(F)(F)F)cc4)s3)s2)cc1. The molecule has 2 nitrogen and oxygen atoms in total. The van der Waals surface area contributed by atoms with E-state index in [4.69, 9.17) is 0 Å². The van der Waals surface area contributed by atoms with Gasteiger partial charge in [0.2, 0.25) is 0 Å². The average Bonchev–Trinajstić information content (AvgIpc) is 3.31. The number of alkyl halides is 3. The van der Waals surface area contributed by atoms with E-state index in [1.54, 1.807) is 17.5 Å². The monoisotopic (exact) mass is 402 g/mol. The van der Waals surface area contributed by atoms with Crippen molar-refractivity contribution in [3.05, 3.63) is 72.1 Å². The highest BCUT2D eigenvalue weighted by Crippen LogP contribution is 2.38. The number of hydrogen-bond acceptors (Lipinski definition) is 4. The van der Waals surface area contributed by atoms with Crippen LogP contribution in [-0.4, -0.2) is 9.97 Å². The van der Waals surface area contributed by atoms with E-state index in [9.17, 15) is 13.2 Å². The number of halogens is 3. The van der Waals surface area contributed by atoms with Crippen molar-refractivity contribution in [1.29, 1.82) is 0 Å². The van der Waals surface area contributed by atoms with E-state index in [1.807, 2.05) is 37.4 Å². The van der Waals surface area contributed by atoms with Crippen molar-refractivity contribution >= 4 is 22.7 Å². The van der Waals surface area contributed by atoms with E-state index in [2.05, 4.69) is 9.97 Å². The molecule has 0 spiro atoms. The lowest BCUT2D eigenvalue weighted by molar-refractivity contribution is -0.137. The number of benzene rings is 2. The van der Waals surface area contributed by atoms with Gasteiger partial charge in [-0.2, -0.15) is 13.2 Å². The highest BCUT2D eigenvalue weighted by molar-refractivity contribution is 7.24. The van der Waals surface area contributed by atoms with E-state index in [-0.39, 0.29) is 0 Å². The molecular formula is C20H13F3N2S2. The van der Waals surface area contributed by atoms with Crippen molar-refractivity contribution in [1.82, 2.24) is 9.97 Å². The maximum absolute atomic E-state index is 12.7. The Labute approximate surface area is 162 Å². The molecule has 0 radical (unpaired) electrons. The van der Waals surface area contributed by atoms with Gasteiger partial charge < -0.3 is 0 Å². The van der Waals surface area contributed by atoms with Gasteiger partial charge in [0.1, 0.15) is 10.0 Å². The molecule has 4 rings (SSSR count). The van der Waals surface area contributed by atoms with Gasteiger partial charge in [-0.1, -0.05) is 42.0 Å². The van der Waals surface area contributed by atoms with Crippen molar-refractivity contribution in [3.8, 4) is 30.9 Å². The molecular weight excluding hydrogens is 389 g/mol. The second-order valence-electron chi connectivity index (χ2n) is 6.00. The number of thiazole rings is 2. The van der Waals surface area contributed by atoms with E-state index in [1.165, 1.54) is 29.0 Å². The first kappa shape index (κ1) is 17.9. The topological polar surface area (TPSA) is 25.8 Å². The van der Waals surface area contributed by atoms with Crippen LogP contribution in [-0.2, 0) is 6.18 Å². The van der Waals surface area contributed by atoms with Crippen LogP contribution in [0.25, 0.3) is 30.9 Å². The molecule has 0 saturated carbocycles. The number of nitrogens with zero attached hydrogens (tertiary/aromatic N) is 2. The summed E-state index contributed by atoms with van der Waals surface area (Å²) in [5, 5.41) is 1.61. The van der Waals surface area contributed by atoms with Crippen LogP contribution in [0.2, 0.25) is 0 Å². The van der Waals surface area contributed by atoms with Gasteiger partial charge >= 0.3 is 6.18 Å². The van der Waals surface area contributed by atoms with Crippen molar-refractivity contribution < 1.29 is 13.2 Å². The zero-order chi connectivity index (χ0) is 19.0. The summed E-state index contributed by atoms with van der Waals surface area (Å²) in [6.07, 6.45) is -0.782. The Kier molecular flexibility index (Phi) is 4.57. The lowest BCUT2D eigenvalue weighted by Gasteiger charge is -2.06. The zero-order valence-corrected chi connectivity index (χ0v) is 15.8. The number of aromatic nitrogens is 2. The number of hydrogen-bond donors (Lipinski definition) is 0. The highest BCUT2D eigenvalue weighted by atomic mass is 32.1. The fourth-order valence-corrected chi connectivity index (χ4v) is 4.44. The van der Waals surface area contributed by atoms with E-state index in [0.29, 0.717) is 10.6 Å². The number of aryl methyl sites for hydroxylation is 1. The second-order valence-corrected chi connectivity index (χ2v) is 8.06. The Morgan fingerprint density at radius 1 is 0.704 bits per heavy atom. The molecule has 136 valence electrons. The van der Waals surface area contributed by atoms with Crippen molar-refractivity contribution in [2.45, 2.75) is 13.1 Å². The summed E-state index contributed by atoms with van der Waals surface area (Å²) in [6, 6.07) is 13.2. The van der Waals surface area contributed by atoms with Gasteiger partial charge in [0.25, 0.3) is 0 Å². The third-order valence-corrected chi connectivity index (χ3v) is 6.30. The molecule has 0 aliphatic heterocycles. The van der Waals surface area contributed by atoms with Crippen LogP contribution in [0.4, 0.5) is 13.2 Å². The summed E-state index contributed by atoms with van der Waals surface area (Å²) in [5.74, 6) is 0. The first-order valence-electron chi connectivity index (χ1n) is 8.07. The van der Waals surface area contributed by atoms with Crippen LogP contribution in [0.5, 0.6) is 0 Å². The summed E-state index contributed by atoms with van der Waals surface area (Å²) in [5.41, 5.74) is 2.26. The van der Waals surface area contributed by atoms with Gasteiger partial charge in [0.15, 0.2) is 0 Å². The Morgan fingerprint density at radius 3 is 1.59 bits per heavy atom. The summed E-state index contributed by atoms with van der Waals surface area (Å²) in [7, 11) is 0. The first-order chi connectivity index (χ1) is 12.9. The molecule has 0 aliphatic rings. The Morgan fingerprint density at radius 2 is 1.15 bits per heavy atom. The molecule has 0 N–H and O–H groups in total. The lowest BCUT2D eigenvalue weighted by Crippen LogP contribution is -2.03. The van der Waals surface area contributed by atoms with Gasteiger partial charge in [-0.15, -0.1) is 22.7 Å². The number of rotatable bonds is 3. The Hall–Kier alpha value is -2.51. The highest BCUT2D eigenvalue weighted by Gasteiger charge is 2.30. The Balaban J connectivity index is 1.59. The standard InChI is InChI=1S/C20H13F3N2S2/c1-12-2-4-13(5-3-12)18-24-10-16(26-18)17-11-25-19(27-17)14-6-8-15(9-7-14)20(21,22)23/h2-11H,1H3. The molecule has 0 bridgehead atoms. The maximum Gasteiger partial charge on any atom is 0.416 e. The van der Waals surface area contributed by atoms with Crippen LogP contribution in [0.3, 0.4) is 0 Å². The summed E-state index contributed by atoms with van der Waals surface area (Å²) in [6.45, 7) is 2.04. The molecule has 0 aliphatic carbocycles. The molecule has 7 heteroatoms. The van der Waals surface area contributed by atoms with Gasteiger partial charge in [0, 0.05) is 23.5 Å². The van der Waals surface area contributed by atoms with Crippen molar-refractivity contribution in [3.63, 3.8) is 0 Å². The molecule has 27 heavy (non-hydrogen) atoms. The van der Waals surface area contributed by atoms with Gasteiger partial charge in [-0.3, -0.25) is 0 Å². The van der Waals surface area contributed by atoms with Crippen LogP contribution in [0.1, 0.15) is 11.1 Å². The largest absolute Gasteiger partial charge is 0.416 e. The summed E-state index contributed by atoms with van der Waals surface area (Å²) in [4.78, 5) is 10.8. The molecule has 4 aromatic rings. The van der Waals surface area contributed by atoms with E-state index in [0.717, 1.165) is 32.5 Å². The molecule has 0 unspecified atom stereocenters. The predicted molar refractivity (Wildman–Crippen MR) is 104 cm³/mol. The molecule has 0 atom stereocenters. The van der Waals surface area contributed by atoms with Crippen LogP contribution in [0.15, 0.2) is 60.9 Å². The smallest absolute Gasteiger partial charge is 0.244 e. The quantitative estimate of drug-likeness (QED) is 0.371. The molecule has 2 aromatic heterocycles. The molecule has 0 amide bonds. The third kappa shape index (κ3) is 3.79. The molecule has 2 aromatic carbocycles.